The SMILES string of the molecule is Cc1ccc(S(=O)(=O)Nc2ccc(C)cc2OCC(F)(F)F)cc1. The Bertz CT molecular complexity index is 815. The standard InChI is InChI=1S/C16H16F3NO3S/c1-11-3-6-13(7-4-11)24(21,22)20-14-8-5-12(2)9-15(14)23-10-16(17,18)19/h3-9,20H,10H2,1-2H3. The fraction of sp³-hybridized carbons (Fsp3) is 0.250. The van der Waals surface area contributed by atoms with E-state index in [1.165, 1.54) is 24.3 Å². The van der Waals surface area contributed by atoms with Crippen molar-refractivity contribution in [2.45, 2.75) is 24.9 Å². The van der Waals surface area contributed by atoms with Gasteiger partial charge in [-0.2, -0.15) is 13.2 Å². The Balaban J connectivity index is 2.29. The maximum atomic E-state index is 12.4. The minimum Gasteiger partial charge on any atom is -0.482 e. The number of hydrogen-bond acceptors (Lipinski definition) is 3. The smallest absolute Gasteiger partial charge is 0.422 e. The quantitative estimate of drug-likeness (QED) is 0.876. The van der Waals surface area contributed by atoms with Gasteiger partial charge in [-0.15, -0.1) is 0 Å². The van der Waals surface area contributed by atoms with Crippen LogP contribution in [0.25, 0.3) is 0 Å². The Morgan fingerprint density at radius 2 is 1.58 bits per heavy atom. The first-order valence-electron chi connectivity index (χ1n) is 6.96. The monoisotopic (exact) mass is 359 g/mol. The van der Waals surface area contributed by atoms with Gasteiger partial charge in [0.2, 0.25) is 0 Å². The van der Waals surface area contributed by atoms with Crippen LogP contribution in [0.4, 0.5) is 18.9 Å². The summed E-state index contributed by atoms with van der Waals surface area (Å²) >= 11 is 0. The number of aryl methyl sites for hydroxylation is 2. The van der Waals surface area contributed by atoms with Crippen LogP contribution >= 0.6 is 0 Å². The van der Waals surface area contributed by atoms with Crippen molar-refractivity contribution in [3.05, 3.63) is 53.6 Å². The molecule has 0 radical (unpaired) electrons. The summed E-state index contributed by atoms with van der Waals surface area (Å²) in [7, 11) is -3.93. The lowest BCUT2D eigenvalue weighted by molar-refractivity contribution is -0.153. The van der Waals surface area contributed by atoms with E-state index in [1.807, 2.05) is 6.92 Å². The number of ether oxygens (including phenoxy) is 1. The van der Waals surface area contributed by atoms with Crippen LogP contribution in [-0.4, -0.2) is 21.2 Å². The molecule has 0 heterocycles. The molecule has 0 bridgehead atoms. The average molecular weight is 359 g/mol. The van der Waals surface area contributed by atoms with Crippen LogP contribution < -0.4 is 9.46 Å². The van der Waals surface area contributed by atoms with E-state index in [1.54, 1.807) is 25.1 Å². The molecule has 2 aromatic rings. The topological polar surface area (TPSA) is 55.4 Å². The number of sulfonamides is 1. The summed E-state index contributed by atoms with van der Waals surface area (Å²) in [5, 5.41) is 0. The van der Waals surface area contributed by atoms with Crippen molar-refractivity contribution in [1.82, 2.24) is 0 Å². The summed E-state index contributed by atoms with van der Waals surface area (Å²) in [5.74, 6) is -0.178. The van der Waals surface area contributed by atoms with Gasteiger partial charge in [0.25, 0.3) is 10.0 Å². The molecule has 0 saturated heterocycles. The number of alkyl halides is 3. The molecule has 0 fully saturated rings. The Morgan fingerprint density at radius 1 is 1.00 bits per heavy atom. The van der Waals surface area contributed by atoms with Gasteiger partial charge in [-0.1, -0.05) is 23.8 Å². The highest BCUT2D eigenvalue weighted by Gasteiger charge is 2.29. The fourth-order valence-corrected chi connectivity index (χ4v) is 2.98. The van der Waals surface area contributed by atoms with E-state index in [9.17, 15) is 21.6 Å². The van der Waals surface area contributed by atoms with Gasteiger partial charge in [-0.3, -0.25) is 4.72 Å². The van der Waals surface area contributed by atoms with Crippen molar-refractivity contribution >= 4 is 15.7 Å². The summed E-state index contributed by atoms with van der Waals surface area (Å²) in [6.07, 6.45) is -4.52. The number of hydrogen-bond donors (Lipinski definition) is 1. The third kappa shape index (κ3) is 4.89. The third-order valence-electron chi connectivity index (χ3n) is 3.10. The van der Waals surface area contributed by atoms with E-state index >= 15 is 0 Å². The lowest BCUT2D eigenvalue weighted by Crippen LogP contribution is -2.20. The summed E-state index contributed by atoms with van der Waals surface area (Å²) in [5.41, 5.74) is 1.48. The zero-order valence-corrected chi connectivity index (χ0v) is 13.8. The molecule has 130 valence electrons. The van der Waals surface area contributed by atoms with E-state index in [4.69, 9.17) is 4.74 Å². The summed E-state index contributed by atoms with van der Waals surface area (Å²) in [6, 6.07) is 10.4. The highest BCUT2D eigenvalue weighted by Crippen LogP contribution is 2.30. The van der Waals surface area contributed by atoms with Crippen molar-refractivity contribution in [3.63, 3.8) is 0 Å². The second-order valence-electron chi connectivity index (χ2n) is 5.32. The number of anilines is 1. The second kappa shape index (κ2) is 6.72. The molecule has 4 nitrogen and oxygen atoms in total. The molecule has 2 rings (SSSR count). The normalized spacial score (nSPS) is 12.0. The zero-order chi connectivity index (χ0) is 18.0. The van der Waals surface area contributed by atoms with Crippen molar-refractivity contribution in [3.8, 4) is 5.75 Å². The first kappa shape index (κ1) is 18.1. The lowest BCUT2D eigenvalue weighted by atomic mass is 10.2. The third-order valence-corrected chi connectivity index (χ3v) is 4.49. The Labute approximate surface area is 138 Å². The van der Waals surface area contributed by atoms with Crippen LogP contribution in [-0.2, 0) is 10.0 Å². The van der Waals surface area contributed by atoms with Gasteiger partial charge in [0.1, 0.15) is 5.75 Å². The zero-order valence-electron chi connectivity index (χ0n) is 13.0. The molecule has 0 spiro atoms. The van der Waals surface area contributed by atoms with E-state index in [0.717, 1.165) is 5.56 Å². The predicted octanol–water partition coefficient (Wildman–Crippen LogP) is 4.05. The van der Waals surface area contributed by atoms with Crippen LogP contribution in [0.1, 0.15) is 11.1 Å². The molecule has 0 unspecified atom stereocenters. The van der Waals surface area contributed by atoms with E-state index < -0.39 is 22.8 Å². The van der Waals surface area contributed by atoms with Gasteiger partial charge >= 0.3 is 6.18 Å². The molecule has 0 saturated carbocycles. The van der Waals surface area contributed by atoms with E-state index in [2.05, 4.69) is 4.72 Å². The second-order valence-corrected chi connectivity index (χ2v) is 7.00. The molecule has 24 heavy (non-hydrogen) atoms. The maximum absolute atomic E-state index is 12.4. The molecule has 0 aliphatic rings. The van der Waals surface area contributed by atoms with Gasteiger partial charge in [0.15, 0.2) is 6.61 Å². The van der Waals surface area contributed by atoms with Gasteiger partial charge in [0, 0.05) is 0 Å². The lowest BCUT2D eigenvalue weighted by Gasteiger charge is -2.15. The molecular weight excluding hydrogens is 343 g/mol. The van der Waals surface area contributed by atoms with Gasteiger partial charge < -0.3 is 4.74 Å². The molecule has 1 N–H and O–H groups in total. The molecule has 0 aromatic heterocycles. The minimum absolute atomic E-state index is 0.00967. The fourth-order valence-electron chi connectivity index (χ4n) is 1.91. The Morgan fingerprint density at radius 3 is 2.17 bits per heavy atom. The van der Waals surface area contributed by atoms with Crippen LogP contribution in [0.3, 0.4) is 0 Å². The highest BCUT2D eigenvalue weighted by atomic mass is 32.2. The summed E-state index contributed by atoms with van der Waals surface area (Å²) < 4.78 is 68.8. The molecule has 2 aromatic carbocycles. The highest BCUT2D eigenvalue weighted by molar-refractivity contribution is 7.92. The van der Waals surface area contributed by atoms with Crippen molar-refractivity contribution in [2.24, 2.45) is 0 Å². The maximum Gasteiger partial charge on any atom is 0.422 e. The van der Waals surface area contributed by atoms with Gasteiger partial charge in [0.05, 0.1) is 10.6 Å². The number of rotatable bonds is 5. The van der Waals surface area contributed by atoms with E-state index in [-0.39, 0.29) is 16.3 Å². The molecule has 0 aliphatic carbocycles. The molecule has 0 atom stereocenters. The minimum atomic E-state index is -4.52. The number of nitrogens with one attached hydrogen (secondary N) is 1. The van der Waals surface area contributed by atoms with Crippen molar-refractivity contribution < 1.29 is 26.3 Å². The predicted molar refractivity (Wildman–Crippen MR) is 84.7 cm³/mol. The van der Waals surface area contributed by atoms with Crippen molar-refractivity contribution in [2.75, 3.05) is 11.3 Å². The van der Waals surface area contributed by atoms with Crippen LogP contribution in [0.5, 0.6) is 5.75 Å². The van der Waals surface area contributed by atoms with Crippen LogP contribution in [0.15, 0.2) is 47.4 Å². The first-order chi connectivity index (χ1) is 11.1. The first-order valence-corrected chi connectivity index (χ1v) is 8.45. The van der Waals surface area contributed by atoms with Gasteiger partial charge in [-0.05, 0) is 43.7 Å². The Kier molecular flexibility index (Phi) is 5.08. The molecule has 0 amide bonds. The average Bonchev–Trinajstić information content (AvgIpc) is 2.47. The van der Waals surface area contributed by atoms with Crippen LogP contribution in [0, 0.1) is 13.8 Å². The molecular formula is C16H16F3NO3S. The summed E-state index contributed by atoms with van der Waals surface area (Å²) in [6.45, 7) is 1.97. The largest absolute Gasteiger partial charge is 0.482 e. The van der Waals surface area contributed by atoms with Crippen molar-refractivity contribution in [1.29, 1.82) is 0 Å². The van der Waals surface area contributed by atoms with Crippen LogP contribution in [0.2, 0.25) is 0 Å². The summed E-state index contributed by atoms with van der Waals surface area (Å²) in [4.78, 5) is 0.00967. The number of benzene rings is 2. The van der Waals surface area contributed by atoms with Gasteiger partial charge in [-0.25, -0.2) is 8.42 Å². The Hall–Kier alpha value is -2.22. The molecule has 8 heteroatoms. The van der Waals surface area contributed by atoms with E-state index in [0.29, 0.717) is 5.56 Å². The number of halogens is 3. The molecule has 0 aliphatic heterocycles.